The Bertz CT molecular complexity index is 766. The van der Waals surface area contributed by atoms with Crippen LogP contribution in [0.4, 0.5) is 0 Å². The molecule has 7 heteroatoms. The van der Waals surface area contributed by atoms with Crippen molar-refractivity contribution < 1.29 is 18.3 Å². The number of aromatic carboxylic acids is 1. The van der Waals surface area contributed by atoms with Crippen LogP contribution in [0, 0.1) is 0 Å². The molecule has 1 aliphatic heterocycles. The maximum Gasteiger partial charge on any atom is 0.335 e. The molecule has 20 heavy (non-hydrogen) atoms. The van der Waals surface area contributed by atoms with Gasteiger partial charge in [-0.05, 0) is 29.3 Å². The van der Waals surface area contributed by atoms with E-state index in [0.29, 0.717) is 0 Å². The van der Waals surface area contributed by atoms with E-state index >= 15 is 0 Å². The predicted molar refractivity (Wildman–Crippen MR) is 70.6 cm³/mol. The minimum Gasteiger partial charge on any atom is -0.478 e. The first kappa shape index (κ1) is 12.9. The molecule has 1 aromatic carbocycles. The molecule has 3 rings (SSSR count). The summed E-state index contributed by atoms with van der Waals surface area (Å²) >= 11 is 0. The second-order valence-corrected chi connectivity index (χ2v) is 6.55. The van der Waals surface area contributed by atoms with E-state index in [2.05, 4.69) is 4.98 Å². The number of nitrogens with zero attached hydrogens (tertiary/aromatic N) is 1. The number of carboxylic acid groups (broad SMARTS) is 1. The summed E-state index contributed by atoms with van der Waals surface area (Å²) in [6.07, 6.45) is 2.99. The van der Waals surface area contributed by atoms with Crippen molar-refractivity contribution in [2.24, 2.45) is 0 Å². The number of sulfonamides is 1. The molecule has 0 saturated heterocycles. The number of carbonyl (C=O) groups is 1. The molecule has 2 aromatic rings. The maximum absolute atomic E-state index is 12.4. The molecule has 0 bridgehead atoms. The molecule has 1 aromatic heterocycles. The number of benzene rings is 1. The SMILES string of the molecule is O=C(O)c1ccc2c(c1)CN(S(=O)(=O)c1cc[nH]c1)C2. The number of hydrogen-bond acceptors (Lipinski definition) is 3. The largest absolute Gasteiger partial charge is 0.478 e. The number of rotatable bonds is 3. The van der Waals surface area contributed by atoms with E-state index in [1.807, 2.05) is 0 Å². The van der Waals surface area contributed by atoms with Crippen molar-refractivity contribution in [2.75, 3.05) is 0 Å². The van der Waals surface area contributed by atoms with Crippen molar-refractivity contribution in [1.82, 2.24) is 9.29 Å². The first-order valence-electron chi connectivity index (χ1n) is 5.96. The number of aromatic amines is 1. The Labute approximate surface area is 115 Å². The Morgan fingerprint density at radius 3 is 2.60 bits per heavy atom. The Balaban J connectivity index is 1.93. The van der Waals surface area contributed by atoms with Gasteiger partial charge in [0.2, 0.25) is 10.0 Å². The fourth-order valence-electron chi connectivity index (χ4n) is 2.28. The topological polar surface area (TPSA) is 90.5 Å². The molecule has 0 radical (unpaired) electrons. The molecule has 2 N–H and O–H groups in total. The van der Waals surface area contributed by atoms with Crippen LogP contribution < -0.4 is 0 Å². The first-order chi connectivity index (χ1) is 9.48. The van der Waals surface area contributed by atoms with Crippen molar-refractivity contribution in [1.29, 1.82) is 0 Å². The van der Waals surface area contributed by atoms with Crippen LogP contribution in [0.1, 0.15) is 21.5 Å². The van der Waals surface area contributed by atoms with E-state index in [1.54, 1.807) is 12.3 Å². The minimum atomic E-state index is -3.54. The van der Waals surface area contributed by atoms with Gasteiger partial charge in [-0.1, -0.05) is 6.07 Å². The lowest BCUT2D eigenvalue weighted by Crippen LogP contribution is -2.25. The number of hydrogen-bond donors (Lipinski definition) is 2. The van der Waals surface area contributed by atoms with Gasteiger partial charge in [0.25, 0.3) is 0 Å². The molecule has 2 heterocycles. The smallest absolute Gasteiger partial charge is 0.335 e. The number of carboxylic acids is 1. The normalized spacial score (nSPS) is 15.2. The third kappa shape index (κ3) is 2.00. The van der Waals surface area contributed by atoms with Gasteiger partial charge in [0.15, 0.2) is 0 Å². The molecule has 0 amide bonds. The molecule has 0 aliphatic carbocycles. The summed E-state index contributed by atoms with van der Waals surface area (Å²) in [7, 11) is -3.54. The summed E-state index contributed by atoms with van der Waals surface area (Å²) in [5.74, 6) is -1.01. The van der Waals surface area contributed by atoms with Gasteiger partial charge in [-0.15, -0.1) is 0 Å². The number of fused-ring (bicyclic) bond motifs is 1. The van der Waals surface area contributed by atoms with Crippen molar-refractivity contribution >= 4 is 16.0 Å². The second-order valence-electron chi connectivity index (χ2n) is 4.61. The number of nitrogens with one attached hydrogen (secondary N) is 1. The summed E-state index contributed by atoms with van der Waals surface area (Å²) in [6, 6.07) is 6.20. The fraction of sp³-hybridized carbons (Fsp3) is 0.154. The Morgan fingerprint density at radius 2 is 1.95 bits per heavy atom. The van der Waals surface area contributed by atoms with Crippen LogP contribution in [-0.2, 0) is 23.1 Å². The highest BCUT2D eigenvalue weighted by atomic mass is 32.2. The minimum absolute atomic E-state index is 0.171. The van der Waals surface area contributed by atoms with Crippen LogP contribution in [0.15, 0.2) is 41.6 Å². The summed E-state index contributed by atoms with van der Waals surface area (Å²) in [5.41, 5.74) is 1.75. The van der Waals surface area contributed by atoms with Crippen LogP contribution in [-0.4, -0.2) is 28.8 Å². The molecule has 0 fully saturated rings. The second kappa shape index (κ2) is 4.46. The third-order valence-electron chi connectivity index (χ3n) is 3.35. The van der Waals surface area contributed by atoms with Gasteiger partial charge in [0, 0.05) is 25.5 Å². The third-order valence-corrected chi connectivity index (χ3v) is 5.14. The lowest BCUT2D eigenvalue weighted by Gasteiger charge is -2.13. The van der Waals surface area contributed by atoms with Crippen molar-refractivity contribution in [2.45, 2.75) is 18.0 Å². The van der Waals surface area contributed by atoms with Gasteiger partial charge in [-0.3, -0.25) is 0 Å². The highest BCUT2D eigenvalue weighted by Gasteiger charge is 2.31. The van der Waals surface area contributed by atoms with Crippen LogP contribution in [0.2, 0.25) is 0 Å². The zero-order valence-electron chi connectivity index (χ0n) is 10.4. The average Bonchev–Trinajstić information content (AvgIpc) is 3.07. The molecular weight excluding hydrogens is 280 g/mol. The molecule has 6 nitrogen and oxygen atoms in total. The van der Waals surface area contributed by atoms with Gasteiger partial charge in [-0.2, -0.15) is 4.31 Å². The van der Waals surface area contributed by atoms with Gasteiger partial charge < -0.3 is 10.1 Å². The summed E-state index contributed by atoms with van der Waals surface area (Å²) in [5, 5.41) is 8.96. The van der Waals surface area contributed by atoms with E-state index in [4.69, 9.17) is 5.11 Å². The summed E-state index contributed by atoms with van der Waals surface area (Å²) in [4.78, 5) is 13.9. The van der Waals surface area contributed by atoms with Gasteiger partial charge in [0.1, 0.15) is 0 Å². The maximum atomic E-state index is 12.4. The summed E-state index contributed by atoms with van der Waals surface area (Å²) < 4.78 is 26.1. The predicted octanol–water partition coefficient (Wildman–Crippen LogP) is 1.42. The van der Waals surface area contributed by atoms with Crippen LogP contribution in [0.5, 0.6) is 0 Å². The lowest BCUT2D eigenvalue weighted by atomic mass is 10.1. The van der Waals surface area contributed by atoms with Gasteiger partial charge >= 0.3 is 5.97 Å². The molecule has 104 valence electrons. The monoisotopic (exact) mass is 292 g/mol. The Morgan fingerprint density at radius 1 is 1.20 bits per heavy atom. The van der Waals surface area contributed by atoms with E-state index in [0.717, 1.165) is 11.1 Å². The molecule has 0 unspecified atom stereocenters. The number of aromatic nitrogens is 1. The quantitative estimate of drug-likeness (QED) is 0.895. The molecular formula is C13H12N2O4S. The zero-order valence-corrected chi connectivity index (χ0v) is 11.2. The molecule has 0 saturated carbocycles. The van der Waals surface area contributed by atoms with Crippen LogP contribution in [0.3, 0.4) is 0 Å². The Hall–Kier alpha value is -2.12. The van der Waals surface area contributed by atoms with Crippen LogP contribution in [0.25, 0.3) is 0 Å². The highest BCUT2D eigenvalue weighted by molar-refractivity contribution is 7.89. The van der Waals surface area contributed by atoms with Crippen molar-refractivity contribution in [3.05, 3.63) is 53.3 Å². The van der Waals surface area contributed by atoms with E-state index in [1.165, 1.54) is 28.7 Å². The van der Waals surface area contributed by atoms with E-state index in [9.17, 15) is 13.2 Å². The van der Waals surface area contributed by atoms with Crippen LogP contribution >= 0.6 is 0 Å². The highest BCUT2D eigenvalue weighted by Crippen LogP contribution is 2.29. The van der Waals surface area contributed by atoms with Gasteiger partial charge in [-0.25, -0.2) is 13.2 Å². The van der Waals surface area contributed by atoms with Crippen molar-refractivity contribution in [3.8, 4) is 0 Å². The number of H-pyrrole nitrogens is 1. The molecule has 0 atom stereocenters. The standard InChI is InChI=1S/C13H12N2O4S/c16-13(17)9-1-2-10-7-15(8-11(10)5-9)20(18,19)12-3-4-14-6-12/h1-6,14H,7-8H2,(H,16,17). The van der Waals surface area contributed by atoms with Gasteiger partial charge in [0.05, 0.1) is 10.5 Å². The lowest BCUT2D eigenvalue weighted by molar-refractivity contribution is 0.0696. The molecule has 0 spiro atoms. The van der Waals surface area contributed by atoms with E-state index in [-0.39, 0.29) is 23.5 Å². The zero-order chi connectivity index (χ0) is 14.3. The molecule has 1 aliphatic rings. The fourth-order valence-corrected chi connectivity index (χ4v) is 3.66. The summed E-state index contributed by atoms with van der Waals surface area (Å²) in [6.45, 7) is 0.465. The van der Waals surface area contributed by atoms with E-state index < -0.39 is 16.0 Å². The first-order valence-corrected chi connectivity index (χ1v) is 7.40. The average molecular weight is 292 g/mol. The van der Waals surface area contributed by atoms with Crippen molar-refractivity contribution in [3.63, 3.8) is 0 Å². The Kier molecular flexibility index (Phi) is 2.88.